The van der Waals surface area contributed by atoms with Gasteiger partial charge in [0.1, 0.15) is 11.4 Å². The van der Waals surface area contributed by atoms with Crippen molar-refractivity contribution in [2.75, 3.05) is 25.6 Å². The summed E-state index contributed by atoms with van der Waals surface area (Å²) in [6.45, 7) is 1.11. The third kappa shape index (κ3) is 3.23. The lowest BCUT2D eigenvalue weighted by molar-refractivity contribution is -0.146. The van der Waals surface area contributed by atoms with Crippen LogP contribution in [0.5, 0.6) is 0 Å². The van der Waals surface area contributed by atoms with Crippen LogP contribution in [0.15, 0.2) is 24.3 Å². The van der Waals surface area contributed by atoms with E-state index >= 15 is 0 Å². The van der Waals surface area contributed by atoms with E-state index in [4.69, 9.17) is 9.47 Å². The van der Waals surface area contributed by atoms with Crippen molar-refractivity contribution in [1.29, 1.82) is 0 Å². The summed E-state index contributed by atoms with van der Waals surface area (Å²) in [7, 11) is 1.36. The summed E-state index contributed by atoms with van der Waals surface area (Å²) in [6, 6.07) is 6.08. The number of hydrogen-bond donors (Lipinski definition) is 1. The quantitative estimate of drug-likeness (QED) is 0.854. The Balaban J connectivity index is 2.24. The highest BCUT2D eigenvalue weighted by atomic mass is 19.1. The number of carbonyl (C=O) groups excluding carboxylic acids is 1. The van der Waals surface area contributed by atoms with Crippen LogP contribution in [-0.4, -0.2) is 31.8 Å². The Labute approximate surface area is 111 Å². The molecule has 104 valence electrons. The van der Waals surface area contributed by atoms with Crippen LogP contribution in [0.1, 0.15) is 19.3 Å². The van der Waals surface area contributed by atoms with Crippen LogP contribution in [0.4, 0.5) is 10.1 Å². The molecule has 0 amide bonds. The molecule has 0 saturated carbocycles. The normalized spacial score (nSPS) is 23.5. The molecule has 0 aliphatic carbocycles. The molecule has 4 nitrogen and oxygen atoms in total. The van der Waals surface area contributed by atoms with Gasteiger partial charge in [0.15, 0.2) is 0 Å². The average Bonchev–Trinajstić information content (AvgIpc) is 2.64. The van der Waals surface area contributed by atoms with E-state index in [-0.39, 0.29) is 11.8 Å². The maximum atomic E-state index is 13.2. The Kier molecular flexibility index (Phi) is 4.37. The van der Waals surface area contributed by atoms with Crippen LogP contribution in [0.3, 0.4) is 0 Å². The fourth-order valence-electron chi connectivity index (χ4n) is 2.37. The molecule has 5 heteroatoms. The van der Waals surface area contributed by atoms with Crippen LogP contribution >= 0.6 is 0 Å². The van der Waals surface area contributed by atoms with Crippen molar-refractivity contribution in [2.45, 2.75) is 24.8 Å². The summed E-state index contributed by atoms with van der Waals surface area (Å²) in [4.78, 5) is 12.1. The van der Waals surface area contributed by atoms with E-state index < -0.39 is 5.54 Å². The highest BCUT2D eigenvalue weighted by Crippen LogP contribution is 2.28. The molecule has 1 saturated heterocycles. The Morgan fingerprint density at radius 2 is 2.26 bits per heavy atom. The van der Waals surface area contributed by atoms with Gasteiger partial charge in [-0.25, -0.2) is 9.18 Å². The van der Waals surface area contributed by atoms with Gasteiger partial charge in [0, 0.05) is 25.3 Å². The van der Waals surface area contributed by atoms with E-state index in [1.165, 1.54) is 19.2 Å². The number of anilines is 1. The lowest BCUT2D eigenvalue weighted by atomic mass is 9.90. The molecule has 1 fully saturated rings. The molecule has 0 bridgehead atoms. The second kappa shape index (κ2) is 6.02. The number of halogens is 1. The lowest BCUT2D eigenvalue weighted by Crippen LogP contribution is -2.47. The molecule has 1 heterocycles. The first kappa shape index (κ1) is 13.8. The van der Waals surface area contributed by atoms with E-state index in [0.717, 1.165) is 6.42 Å². The number of carbonyl (C=O) groups is 1. The molecule has 1 aliphatic rings. The van der Waals surface area contributed by atoms with E-state index in [1.54, 1.807) is 12.1 Å². The minimum Gasteiger partial charge on any atom is -0.467 e. The first-order valence-electron chi connectivity index (χ1n) is 6.36. The number of nitrogens with one attached hydrogen (secondary N) is 1. The van der Waals surface area contributed by atoms with Gasteiger partial charge in [-0.15, -0.1) is 0 Å². The standard InChI is InChI=1S/C14H18FNO3/c1-18-13(17)14(6-3-8-19-9-7-14)16-12-5-2-4-11(15)10-12/h2,4-5,10,16H,3,6-9H2,1H3. The first-order chi connectivity index (χ1) is 9.16. The third-order valence-corrected chi connectivity index (χ3v) is 3.35. The highest BCUT2D eigenvalue weighted by Gasteiger charge is 2.40. The monoisotopic (exact) mass is 267 g/mol. The van der Waals surface area contributed by atoms with Crippen molar-refractivity contribution in [2.24, 2.45) is 0 Å². The number of methoxy groups -OCH3 is 1. The molecule has 19 heavy (non-hydrogen) atoms. The van der Waals surface area contributed by atoms with Crippen LogP contribution in [0.2, 0.25) is 0 Å². The van der Waals surface area contributed by atoms with Crippen molar-refractivity contribution < 1.29 is 18.7 Å². The summed E-state index contributed by atoms with van der Waals surface area (Å²) < 4.78 is 23.5. The summed E-state index contributed by atoms with van der Waals surface area (Å²) in [5, 5.41) is 3.13. The summed E-state index contributed by atoms with van der Waals surface area (Å²) in [5.41, 5.74) is -0.258. The van der Waals surface area contributed by atoms with E-state index in [0.29, 0.717) is 31.7 Å². The molecule has 1 unspecified atom stereocenters. The van der Waals surface area contributed by atoms with Crippen molar-refractivity contribution in [1.82, 2.24) is 0 Å². The number of ether oxygens (including phenoxy) is 2. The highest BCUT2D eigenvalue weighted by molar-refractivity contribution is 5.84. The molecule has 0 spiro atoms. The van der Waals surface area contributed by atoms with E-state index in [9.17, 15) is 9.18 Å². The zero-order valence-electron chi connectivity index (χ0n) is 10.9. The molecule has 1 aliphatic heterocycles. The predicted octanol–water partition coefficient (Wildman–Crippen LogP) is 2.35. The average molecular weight is 267 g/mol. The van der Waals surface area contributed by atoms with Crippen LogP contribution in [0.25, 0.3) is 0 Å². The zero-order chi connectivity index (χ0) is 13.7. The SMILES string of the molecule is COC(=O)C1(Nc2cccc(F)c2)CCCOCC1. The number of hydrogen-bond acceptors (Lipinski definition) is 4. The van der Waals surface area contributed by atoms with Gasteiger partial charge in [0.2, 0.25) is 0 Å². The number of esters is 1. The molecular weight excluding hydrogens is 249 g/mol. The fourth-order valence-corrected chi connectivity index (χ4v) is 2.37. The topological polar surface area (TPSA) is 47.6 Å². The lowest BCUT2D eigenvalue weighted by Gasteiger charge is -2.31. The Morgan fingerprint density at radius 3 is 3.00 bits per heavy atom. The fraction of sp³-hybridized carbons (Fsp3) is 0.500. The minimum absolute atomic E-state index is 0.331. The van der Waals surface area contributed by atoms with Crippen molar-refractivity contribution in [3.63, 3.8) is 0 Å². The van der Waals surface area contributed by atoms with Crippen LogP contribution in [0, 0.1) is 5.82 Å². The smallest absolute Gasteiger partial charge is 0.331 e. The number of rotatable bonds is 3. The Hall–Kier alpha value is -1.62. The van der Waals surface area contributed by atoms with Gasteiger partial charge in [-0.3, -0.25) is 0 Å². The Morgan fingerprint density at radius 1 is 1.42 bits per heavy atom. The van der Waals surface area contributed by atoms with Gasteiger partial charge in [-0.1, -0.05) is 6.07 Å². The summed E-state index contributed by atoms with van der Waals surface area (Å²) >= 11 is 0. The molecule has 1 aromatic carbocycles. The van der Waals surface area contributed by atoms with E-state index in [1.807, 2.05) is 0 Å². The summed E-state index contributed by atoms with van der Waals surface area (Å²) in [5.74, 6) is -0.669. The second-order valence-corrected chi connectivity index (χ2v) is 4.67. The predicted molar refractivity (Wildman–Crippen MR) is 69.4 cm³/mol. The van der Waals surface area contributed by atoms with Crippen molar-refractivity contribution >= 4 is 11.7 Å². The maximum absolute atomic E-state index is 13.2. The zero-order valence-corrected chi connectivity index (χ0v) is 10.9. The first-order valence-corrected chi connectivity index (χ1v) is 6.36. The van der Waals surface area contributed by atoms with Gasteiger partial charge in [-0.2, -0.15) is 0 Å². The van der Waals surface area contributed by atoms with E-state index in [2.05, 4.69) is 5.32 Å². The van der Waals surface area contributed by atoms with Gasteiger partial charge < -0.3 is 14.8 Å². The second-order valence-electron chi connectivity index (χ2n) is 4.67. The molecule has 1 N–H and O–H groups in total. The van der Waals surface area contributed by atoms with Gasteiger partial charge >= 0.3 is 5.97 Å². The molecular formula is C14H18FNO3. The molecule has 0 aromatic heterocycles. The third-order valence-electron chi connectivity index (χ3n) is 3.35. The largest absolute Gasteiger partial charge is 0.467 e. The number of benzene rings is 1. The van der Waals surface area contributed by atoms with Gasteiger partial charge in [0.25, 0.3) is 0 Å². The van der Waals surface area contributed by atoms with Crippen LogP contribution in [-0.2, 0) is 14.3 Å². The van der Waals surface area contributed by atoms with Gasteiger partial charge in [-0.05, 0) is 31.0 Å². The Bertz CT molecular complexity index is 442. The van der Waals surface area contributed by atoms with Crippen molar-refractivity contribution in [3.8, 4) is 0 Å². The molecule has 1 aromatic rings. The van der Waals surface area contributed by atoms with Gasteiger partial charge in [0.05, 0.1) is 7.11 Å². The molecule has 0 radical (unpaired) electrons. The van der Waals surface area contributed by atoms with Crippen LogP contribution < -0.4 is 5.32 Å². The van der Waals surface area contributed by atoms with Crippen molar-refractivity contribution in [3.05, 3.63) is 30.1 Å². The molecule has 1 atom stereocenters. The maximum Gasteiger partial charge on any atom is 0.331 e. The summed E-state index contributed by atoms with van der Waals surface area (Å²) in [6.07, 6.45) is 1.88. The molecule has 2 rings (SSSR count). The minimum atomic E-state index is -0.834.